The summed E-state index contributed by atoms with van der Waals surface area (Å²) >= 11 is 1.31. The van der Waals surface area contributed by atoms with E-state index in [2.05, 4.69) is 4.98 Å². The van der Waals surface area contributed by atoms with Crippen LogP contribution in [0.25, 0.3) is 10.2 Å². The molecule has 1 atom stereocenters. The molecule has 0 spiro atoms. The number of fused-ring (bicyclic) bond motifs is 1. The van der Waals surface area contributed by atoms with E-state index < -0.39 is 23.5 Å². The van der Waals surface area contributed by atoms with Crippen molar-refractivity contribution in [3.8, 4) is 5.75 Å². The van der Waals surface area contributed by atoms with Crippen molar-refractivity contribution in [3.63, 3.8) is 0 Å². The third kappa shape index (κ3) is 3.07. The van der Waals surface area contributed by atoms with Crippen molar-refractivity contribution < 1.29 is 24.2 Å². The molecule has 7 nitrogen and oxygen atoms in total. The van der Waals surface area contributed by atoms with E-state index >= 15 is 0 Å². The summed E-state index contributed by atoms with van der Waals surface area (Å²) in [7, 11) is 0. The molecule has 0 fully saturated rings. The van der Waals surface area contributed by atoms with Gasteiger partial charge in [0.05, 0.1) is 28.1 Å². The first-order valence-electron chi connectivity index (χ1n) is 9.86. The number of anilines is 1. The lowest BCUT2D eigenvalue weighted by Gasteiger charge is -2.24. The Bertz CT molecular complexity index is 1400. The van der Waals surface area contributed by atoms with Gasteiger partial charge in [-0.3, -0.25) is 14.5 Å². The van der Waals surface area contributed by atoms with E-state index in [1.807, 2.05) is 26.0 Å². The fraction of sp³-hybridized carbons (Fsp3) is 0.125. The minimum Gasteiger partial charge on any atom is -0.508 e. The number of rotatable bonds is 4. The van der Waals surface area contributed by atoms with Crippen molar-refractivity contribution >= 4 is 38.4 Å². The number of benzene rings is 2. The van der Waals surface area contributed by atoms with E-state index in [0.717, 1.165) is 21.3 Å². The molecular weight excluding hydrogens is 428 g/mol. The summed E-state index contributed by atoms with van der Waals surface area (Å²) in [5.74, 6) is -1.89. The number of Topliss-reactive ketones (excluding diaryl/α,β-unsaturated/α-hetero) is 1. The summed E-state index contributed by atoms with van der Waals surface area (Å²) in [5.41, 5.74) is 3.25. The Hall–Kier alpha value is -3.91. The number of ketones is 1. The van der Waals surface area contributed by atoms with E-state index in [4.69, 9.17) is 4.42 Å². The maximum Gasteiger partial charge on any atom is 0.296 e. The van der Waals surface area contributed by atoms with Gasteiger partial charge in [0.15, 0.2) is 16.7 Å². The van der Waals surface area contributed by atoms with Gasteiger partial charge in [0.2, 0.25) is 5.78 Å². The maximum atomic E-state index is 13.2. The van der Waals surface area contributed by atoms with Crippen molar-refractivity contribution in [1.29, 1.82) is 0 Å². The van der Waals surface area contributed by atoms with Crippen LogP contribution >= 0.6 is 11.3 Å². The van der Waals surface area contributed by atoms with Crippen LogP contribution in [0.2, 0.25) is 0 Å². The number of aromatic nitrogens is 1. The molecule has 1 aliphatic rings. The number of aryl methyl sites for hydroxylation is 2. The monoisotopic (exact) mass is 446 g/mol. The lowest BCUT2D eigenvalue weighted by atomic mass is 9.95. The third-order valence-electron chi connectivity index (χ3n) is 5.43. The molecule has 0 saturated heterocycles. The van der Waals surface area contributed by atoms with Crippen LogP contribution in [0.3, 0.4) is 0 Å². The summed E-state index contributed by atoms with van der Waals surface area (Å²) in [4.78, 5) is 32.4. The van der Waals surface area contributed by atoms with Gasteiger partial charge < -0.3 is 14.6 Å². The Balaban J connectivity index is 1.70. The third-order valence-corrected chi connectivity index (χ3v) is 6.43. The Morgan fingerprint density at radius 2 is 1.88 bits per heavy atom. The topological polar surface area (TPSA) is 104 Å². The summed E-state index contributed by atoms with van der Waals surface area (Å²) < 4.78 is 6.14. The molecule has 8 heteroatoms. The van der Waals surface area contributed by atoms with E-state index in [-0.39, 0.29) is 17.1 Å². The molecule has 2 aromatic heterocycles. The largest absolute Gasteiger partial charge is 0.508 e. The molecule has 0 unspecified atom stereocenters. The van der Waals surface area contributed by atoms with E-state index in [0.29, 0.717) is 10.7 Å². The van der Waals surface area contributed by atoms with Gasteiger partial charge in [-0.1, -0.05) is 29.5 Å². The molecular formula is C24H18N2O5S. The highest BCUT2D eigenvalue weighted by atomic mass is 32.1. The van der Waals surface area contributed by atoms with Gasteiger partial charge in [-0.25, -0.2) is 4.98 Å². The quantitative estimate of drug-likeness (QED) is 0.428. The van der Waals surface area contributed by atoms with E-state index in [9.17, 15) is 19.8 Å². The Morgan fingerprint density at radius 3 is 2.56 bits per heavy atom. The molecule has 0 radical (unpaired) electrons. The predicted molar refractivity (Wildman–Crippen MR) is 120 cm³/mol. The number of aliphatic hydroxyl groups is 1. The second-order valence-corrected chi connectivity index (χ2v) is 8.67. The van der Waals surface area contributed by atoms with Crippen LogP contribution in [0, 0.1) is 13.8 Å². The maximum absolute atomic E-state index is 13.2. The first-order chi connectivity index (χ1) is 15.3. The summed E-state index contributed by atoms with van der Waals surface area (Å²) in [6.07, 6.45) is 1.35. The summed E-state index contributed by atoms with van der Waals surface area (Å²) in [5, 5.41) is 20.9. The normalized spacial score (nSPS) is 16.4. The number of aliphatic hydroxyl groups excluding tert-OH is 1. The number of thiazole rings is 1. The summed E-state index contributed by atoms with van der Waals surface area (Å²) in [6.45, 7) is 3.93. The number of phenolic OH excluding ortho intramolecular Hbond substituents is 1. The lowest BCUT2D eigenvalue weighted by molar-refractivity contribution is -0.117. The fourth-order valence-electron chi connectivity index (χ4n) is 4.01. The van der Waals surface area contributed by atoms with Gasteiger partial charge in [0.25, 0.3) is 5.91 Å². The number of carbonyl (C=O) groups excluding carboxylic acids is 2. The molecule has 2 N–H and O–H groups in total. The van der Waals surface area contributed by atoms with Gasteiger partial charge in [-0.2, -0.15) is 0 Å². The van der Waals surface area contributed by atoms with Crippen LogP contribution in [0.5, 0.6) is 5.75 Å². The van der Waals surface area contributed by atoms with Gasteiger partial charge in [0, 0.05) is 0 Å². The first kappa shape index (κ1) is 20.0. The second-order valence-electron chi connectivity index (χ2n) is 7.66. The molecule has 2 aromatic carbocycles. The highest BCUT2D eigenvalue weighted by Gasteiger charge is 2.46. The minimum atomic E-state index is -0.928. The van der Waals surface area contributed by atoms with Crippen LogP contribution in [0.1, 0.15) is 33.3 Å². The molecule has 0 saturated carbocycles. The van der Waals surface area contributed by atoms with E-state index in [1.165, 1.54) is 40.7 Å². The first-order valence-corrected chi connectivity index (χ1v) is 10.7. The average molecular weight is 446 g/mol. The fourth-order valence-corrected chi connectivity index (χ4v) is 5.18. The molecule has 0 bridgehead atoms. The van der Waals surface area contributed by atoms with Gasteiger partial charge >= 0.3 is 0 Å². The van der Waals surface area contributed by atoms with Crippen molar-refractivity contribution in [1.82, 2.24) is 4.98 Å². The molecule has 5 rings (SSSR count). The van der Waals surface area contributed by atoms with Crippen LogP contribution in [-0.2, 0) is 4.79 Å². The number of hydrogen-bond acceptors (Lipinski definition) is 7. The minimum absolute atomic E-state index is 0.0146. The van der Waals surface area contributed by atoms with Gasteiger partial charge in [-0.15, -0.1) is 0 Å². The number of phenols is 1. The zero-order chi connectivity index (χ0) is 22.6. The number of hydrogen-bond donors (Lipinski definition) is 2. The smallest absolute Gasteiger partial charge is 0.296 e. The number of carbonyl (C=O) groups is 2. The zero-order valence-corrected chi connectivity index (χ0v) is 18.0. The Labute approximate surface area is 186 Å². The van der Waals surface area contributed by atoms with E-state index in [1.54, 1.807) is 18.2 Å². The van der Waals surface area contributed by atoms with Crippen molar-refractivity contribution in [2.24, 2.45) is 0 Å². The summed E-state index contributed by atoms with van der Waals surface area (Å²) in [6, 6.07) is 12.3. The molecule has 1 amide bonds. The standard InChI is InChI=1S/C24H18N2O5S/c1-12-10-13(2)19-17(11-12)32-24(25-19)26-20(14-5-7-15(27)8-6-14)18(22(29)23(26)30)21(28)16-4-3-9-31-16/h3-11,20,27,29H,1-2H3/t20-/m1/s1. The molecule has 4 aromatic rings. The van der Waals surface area contributed by atoms with Crippen LogP contribution in [-0.4, -0.2) is 26.9 Å². The molecule has 1 aliphatic heterocycles. The predicted octanol–water partition coefficient (Wildman–Crippen LogP) is 4.99. The molecule has 0 aliphatic carbocycles. The number of furan rings is 1. The molecule has 3 heterocycles. The second kappa shape index (κ2) is 7.35. The Morgan fingerprint density at radius 1 is 1.12 bits per heavy atom. The highest BCUT2D eigenvalue weighted by molar-refractivity contribution is 7.22. The average Bonchev–Trinajstić information content (AvgIpc) is 3.48. The highest BCUT2D eigenvalue weighted by Crippen LogP contribution is 2.44. The van der Waals surface area contributed by atoms with Crippen LogP contribution in [0.15, 0.2) is 70.5 Å². The molecule has 32 heavy (non-hydrogen) atoms. The molecule has 160 valence electrons. The number of nitrogens with zero attached hydrogens (tertiary/aromatic N) is 2. The van der Waals surface area contributed by atoms with Crippen LogP contribution < -0.4 is 4.90 Å². The number of amides is 1. The van der Waals surface area contributed by atoms with Crippen molar-refractivity contribution in [2.45, 2.75) is 19.9 Å². The SMILES string of the molecule is Cc1cc(C)c2nc(N3C(=O)C(O)=C(C(=O)c4ccco4)[C@H]3c3ccc(O)cc3)sc2c1. The van der Waals surface area contributed by atoms with Crippen molar-refractivity contribution in [3.05, 3.63) is 88.6 Å². The lowest BCUT2D eigenvalue weighted by Crippen LogP contribution is -2.30. The van der Waals surface area contributed by atoms with Crippen molar-refractivity contribution in [2.75, 3.05) is 4.90 Å². The van der Waals surface area contributed by atoms with Gasteiger partial charge in [-0.05, 0) is 60.9 Å². The van der Waals surface area contributed by atoms with Crippen LogP contribution in [0.4, 0.5) is 5.13 Å². The zero-order valence-electron chi connectivity index (χ0n) is 17.2. The number of aromatic hydroxyl groups is 1. The Kier molecular flexibility index (Phi) is 4.60. The van der Waals surface area contributed by atoms with Gasteiger partial charge in [0.1, 0.15) is 5.75 Å².